The van der Waals surface area contributed by atoms with E-state index in [-0.39, 0.29) is 0 Å². The molecule has 2 N–H and O–H groups in total. The predicted molar refractivity (Wildman–Crippen MR) is 140 cm³/mol. The van der Waals surface area contributed by atoms with Crippen LogP contribution in [0.3, 0.4) is 0 Å². The Morgan fingerprint density at radius 2 is 1.91 bits per heavy atom. The van der Waals surface area contributed by atoms with Crippen LogP contribution in [-0.2, 0) is 14.6 Å². The summed E-state index contributed by atoms with van der Waals surface area (Å²) in [7, 11) is -3.29. The van der Waals surface area contributed by atoms with Crippen LogP contribution in [0.5, 0.6) is 0 Å². The van der Waals surface area contributed by atoms with Crippen molar-refractivity contribution in [3.63, 3.8) is 0 Å². The van der Waals surface area contributed by atoms with E-state index in [1.807, 2.05) is 42.5 Å². The Morgan fingerprint density at radius 1 is 1.15 bits per heavy atom. The van der Waals surface area contributed by atoms with Crippen molar-refractivity contribution < 1.29 is 13.2 Å². The van der Waals surface area contributed by atoms with E-state index < -0.39 is 9.84 Å². The molecule has 2 aromatic carbocycles. The summed E-state index contributed by atoms with van der Waals surface area (Å²) < 4.78 is 29.4. The largest absolute Gasteiger partial charge is 0.401 e. The average Bonchev–Trinajstić information content (AvgIpc) is 3.31. The molecule has 4 rings (SSSR count). The normalized spacial score (nSPS) is 16.1. The van der Waals surface area contributed by atoms with Gasteiger partial charge in [0.25, 0.3) is 0 Å². The van der Waals surface area contributed by atoms with E-state index in [0.29, 0.717) is 46.8 Å². The number of nitrogens with zero attached hydrogens (tertiary/aromatic N) is 2. The molecule has 0 bridgehead atoms. The molecule has 0 unspecified atom stereocenters. The van der Waals surface area contributed by atoms with Crippen molar-refractivity contribution in [2.24, 2.45) is 10.7 Å². The smallest absolute Gasteiger partial charge is 0.175 e. The van der Waals surface area contributed by atoms with Crippen molar-refractivity contribution >= 4 is 44.2 Å². The highest BCUT2D eigenvalue weighted by molar-refractivity contribution is 7.90. The number of hydrogen-bond acceptors (Lipinski definition) is 7. The Kier molecular flexibility index (Phi) is 7.85. The molecule has 9 heteroatoms. The van der Waals surface area contributed by atoms with Crippen molar-refractivity contribution in [1.82, 2.24) is 4.90 Å². The zero-order valence-electron chi connectivity index (χ0n) is 18.8. The van der Waals surface area contributed by atoms with Crippen molar-refractivity contribution in [3.8, 4) is 10.4 Å². The minimum absolute atomic E-state index is 0.291. The SMILES string of the molecule is CS(=O)(=O)c1cccc(-c2ccc(C(/C=C(\N)CN3CCOCC3)=Nc3ccccc3Cl)s2)c1. The first kappa shape index (κ1) is 24.6. The first-order valence-electron chi connectivity index (χ1n) is 10.8. The van der Waals surface area contributed by atoms with Crippen LogP contribution in [0.1, 0.15) is 4.88 Å². The molecule has 0 aliphatic carbocycles. The van der Waals surface area contributed by atoms with Gasteiger partial charge >= 0.3 is 0 Å². The number of rotatable bonds is 7. The van der Waals surface area contributed by atoms with E-state index in [9.17, 15) is 8.42 Å². The summed E-state index contributed by atoms with van der Waals surface area (Å²) >= 11 is 7.90. The predicted octanol–water partition coefficient (Wildman–Crippen LogP) is 4.77. The summed E-state index contributed by atoms with van der Waals surface area (Å²) in [4.78, 5) is 9.21. The first-order valence-corrected chi connectivity index (χ1v) is 13.9. The molecule has 0 radical (unpaired) electrons. The number of sulfone groups is 1. The molecule has 1 saturated heterocycles. The Hall–Kier alpha value is -2.49. The fourth-order valence-corrected chi connectivity index (χ4v) is 5.39. The van der Waals surface area contributed by atoms with Crippen LogP contribution < -0.4 is 5.73 Å². The number of allylic oxidation sites excluding steroid dienone is 1. The molecule has 0 saturated carbocycles. The number of morpholine rings is 1. The zero-order valence-corrected chi connectivity index (χ0v) is 21.2. The van der Waals surface area contributed by atoms with Gasteiger partial charge in [-0.05, 0) is 48.0 Å². The number of hydrogen-bond donors (Lipinski definition) is 1. The number of para-hydroxylation sites is 1. The van der Waals surface area contributed by atoms with Gasteiger partial charge in [-0.15, -0.1) is 11.3 Å². The van der Waals surface area contributed by atoms with Gasteiger partial charge in [0, 0.05) is 36.5 Å². The third-order valence-electron chi connectivity index (χ3n) is 5.33. The lowest BCUT2D eigenvalue weighted by Gasteiger charge is -2.26. The lowest BCUT2D eigenvalue weighted by Crippen LogP contribution is -2.38. The molecule has 6 nitrogen and oxygen atoms in total. The quantitative estimate of drug-likeness (QED) is 0.458. The molecule has 0 spiro atoms. The monoisotopic (exact) mass is 515 g/mol. The van der Waals surface area contributed by atoms with Crippen molar-refractivity contribution in [2.75, 3.05) is 39.1 Å². The topological polar surface area (TPSA) is 85.0 Å². The molecule has 1 aliphatic rings. The minimum atomic E-state index is -3.29. The standard InChI is InChI=1S/C25H26ClN3O3S2/c1-34(30,31)20-6-4-5-18(15-20)24-9-10-25(33-24)23(28-22-8-3-2-7-21(22)26)16-19(27)17-29-11-13-32-14-12-29/h2-10,15-16H,11-14,17,27H2,1H3/b19-16-,28-23?. The molecule has 0 amide bonds. The summed E-state index contributed by atoms with van der Waals surface area (Å²) in [6.07, 6.45) is 3.10. The van der Waals surface area contributed by atoms with Crippen LogP contribution in [-0.4, -0.2) is 58.1 Å². The van der Waals surface area contributed by atoms with E-state index in [1.54, 1.807) is 24.3 Å². The zero-order chi connectivity index (χ0) is 24.1. The summed E-state index contributed by atoms with van der Waals surface area (Å²) in [6, 6.07) is 18.3. The molecule has 1 aromatic heterocycles. The van der Waals surface area contributed by atoms with Gasteiger partial charge in [0.2, 0.25) is 0 Å². The molecular weight excluding hydrogens is 490 g/mol. The number of aliphatic imine (C=N–C) groups is 1. The Balaban J connectivity index is 1.69. The Labute approximate surface area is 209 Å². The van der Waals surface area contributed by atoms with Gasteiger partial charge in [-0.1, -0.05) is 35.9 Å². The van der Waals surface area contributed by atoms with Gasteiger partial charge in [-0.25, -0.2) is 13.4 Å². The van der Waals surface area contributed by atoms with Crippen LogP contribution in [0.15, 0.2) is 82.3 Å². The van der Waals surface area contributed by atoms with Gasteiger partial charge < -0.3 is 10.5 Å². The van der Waals surface area contributed by atoms with Gasteiger partial charge in [-0.2, -0.15) is 0 Å². The fourth-order valence-electron chi connectivity index (χ4n) is 3.58. The van der Waals surface area contributed by atoms with Crippen LogP contribution in [0, 0.1) is 0 Å². The van der Waals surface area contributed by atoms with E-state index in [2.05, 4.69) is 4.90 Å². The van der Waals surface area contributed by atoms with Gasteiger partial charge in [0.05, 0.1) is 39.4 Å². The molecular formula is C25H26ClN3O3S2. The van der Waals surface area contributed by atoms with Gasteiger partial charge in [-0.3, -0.25) is 4.90 Å². The lowest BCUT2D eigenvalue weighted by atomic mass is 10.2. The number of halogens is 1. The number of nitrogens with two attached hydrogens (primary N) is 1. The van der Waals surface area contributed by atoms with Gasteiger partial charge in [0.15, 0.2) is 9.84 Å². The second-order valence-corrected chi connectivity index (χ2v) is 11.5. The highest BCUT2D eigenvalue weighted by atomic mass is 35.5. The second kappa shape index (κ2) is 10.8. The first-order chi connectivity index (χ1) is 16.3. The molecule has 0 atom stereocenters. The number of thiophene rings is 1. The Morgan fingerprint density at radius 3 is 2.65 bits per heavy atom. The summed E-state index contributed by atoms with van der Waals surface area (Å²) in [5, 5.41) is 0.554. The van der Waals surface area contributed by atoms with Crippen LogP contribution >= 0.6 is 22.9 Å². The molecule has 3 aromatic rings. The van der Waals surface area contributed by atoms with Crippen LogP contribution in [0.4, 0.5) is 5.69 Å². The average molecular weight is 516 g/mol. The maximum atomic E-state index is 12.0. The third kappa shape index (κ3) is 6.34. The lowest BCUT2D eigenvalue weighted by molar-refractivity contribution is 0.0421. The minimum Gasteiger partial charge on any atom is -0.401 e. The molecule has 178 valence electrons. The molecule has 34 heavy (non-hydrogen) atoms. The second-order valence-electron chi connectivity index (χ2n) is 8.02. The number of ether oxygens (including phenoxy) is 1. The van der Waals surface area contributed by atoms with E-state index >= 15 is 0 Å². The van der Waals surface area contributed by atoms with Crippen molar-refractivity contribution in [3.05, 3.63) is 82.3 Å². The summed E-state index contributed by atoms with van der Waals surface area (Å²) in [5.41, 5.74) is 9.31. The van der Waals surface area contributed by atoms with E-state index in [1.165, 1.54) is 17.6 Å². The fraction of sp³-hybridized carbons (Fsp3) is 0.240. The number of benzene rings is 2. The van der Waals surface area contributed by atoms with Crippen molar-refractivity contribution in [2.45, 2.75) is 4.90 Å². The van der Waals surface area contributed by atoms with Gasteiger partial charge in [0.1, 0.15) is 0 Å². The molecule has 1 aliphatic heterocycles. The van der Waals surface area contributed by atoms with E-state index in [4.69, 9.17) is 27.1 Å². The van der Waals surface area contributed by atoms with Crippen LogP contribution in [0.25, 0.3) is 10.4 Å². The van der Waals surface area contributed by atoms with Crippen LogP contribution in [0.2, 0.25) is 5.02 Å². The maximum absolute atomic E-state index is 12.0. The highest BCUT2D eigenvalue weighted by Crippen LogP contribution is 2.32. The summed E-state index contributed by atoms with van der Waals surface area (Å²) in [6.45, 7) is 3.71. The Bertz CT molecular complexity index is 1330. The third-order valence-corrected chi connectivity index (χ3v) is 7.92. The maximum Gasteiger partial charge on any atom is 0.175 e. The van der Waals surface area contributed by atoms with E-state index in [0.717, 1.165) is 28.4 Å². The highest BCUT2D eigenvalue weighted by Gasteiger charge is 2.14. The summed E-state index contributed by atoms with van der Waals surface area (Å²) in [5.74, 6) is 0. The molecule has 2 heterocycles. The van der Waals surface area contributed by atoms with Crippen molar-refractivity contribution in [1.29, 1.82) is 0 Å². The molecule has 1 fully saturated rings.